The van der Waals surface area contributed by atoms with E-state index in [1.807, 2.05) is 0 Å². The zero-order valence-corrected chi connectivity index (χ0v) is 7.09. The Labute approximate surface area is 65.1 Å². The molecule has 0 bridgehead atoms. The van der Waals surface area contributed by atoms with Gasteiger partial charge in [-0.1, -0.05) is 0 Å². The minimum absolute atomic E-state index is 0.0255. The Morgan fingerprint density at radius 3 is 2.55 bits per heavy atom. The van der Waals surface area contributed by atoms with Gasteiger partial charge in [-0.05, 0) is 0 Å². The molecule has 0 aliphatic heterocycles. The zero-order chi connectivity index (χ0) is 8.48. The van der Waals surface area contributed by atoms with Crippen molar-refractivity contribution in [3.8, 4) is 0 Å². The van der Waals surface area contributed by atoms with E-state index in [0.29, 0.717) is 0 Å². The minimum Gasteiger partial charge on any atom is -0.334 e. The number of aromatic nitrogens is 2. The quantitative estimate of drug-likeness (QED) is 0.668. The fourth-order valence-electron chi connectivity index (χ4n) is 0.565. The van der Waals surface area contributed by atoms with Gasteiger partial charge in [0.25, 0.3) is 10.0 Å². The molecule has 1 rings (SSSR count). The molecule has 5 nitrogen and oxygen atoms in total. The second-order valence-electron chi connectivity index (χ2n) is 2.18. The molecule has 1 heterocycles. The fraction of sp³-hybridized carbons (Fsp3) is 0.400. The molecule has 0 saturated heterocycles. The number of aromatic amines is 1. The van der Waals surface area contributed by atoms with Crippen LogP contribution in [0, 0.1) is 0 Å². The maximum atomic E-state index is 11.2. The average molecular weight is 175 g/mol. The van der Waals surface area contributed by atoms with Gasteiger partial charge < -0.3 is 4.98 Å². The van der Waals surface area contributed by atoms with E-state index < -0.39 is 10.0 Å². The number of H-pyrrole nitrogens is 1. The summed E-state index contributed by atoms with van der Waals surface area (Å²) < 4.78 is 23.6. The highest BCUT2D eigenvalue weighted by atomic mass is 32.2. The lowest BCUT2D eigenvalue weighted by Crippen LogP contribution is -2.23. The molecule has 0 spiro atoms. The van der Waals surface area contributed by atoms with Crippen molar-refractivity contribution in [1.82, 2.24) is 14.3 Å². The molecule has 0 aliphatic carbocycles. The van der Waals surface area contributed by atoms with Gasteiger partial charge in [0.05, 0.1) is 0 Å². The molecule has 1 N–H and O–H groups in total. The Balaban J connectivity index is 3.12. The number of imidazole rings is 1. The summed E-state index contributed by atoms with van der Waals surface area (Å²) in [5.41, 5.74) is 0. The molecule has 0 saturated carbocycles. The maximum absolute atomic E-state index is 11.2. The molecule has 1 aromatic rings. The van der Waals surface area contributed by atoms with E-state index >= 15 is 0 Å². The second kappa shape index (κ2) is 2.63. The van der Waals surface area contributed by atoms with Crippen molar-refractivity contribution in [2.24, 2.45) is 0 Å². The minimum atomic E-state index is -3.37. The first kappa shape index (κ1) is 8.22. The zero-order valence-electron chi connectivity index (χ0n) is 6.27. The lowest BCUT2D eigenvalue weighted by atomic mass is 11.0. The average Bonchev–Trinajstić information content (AvgIpc) is 2.37. The molecule has 0 unspecified atom stereocenters. The van der Waals surface area contributed by atoms with E-state index in [2.05, 4.69) is 9.97 Å². The fourth-order valence-corrected chi connectivity index (χ4v) is 1.32. The lowest BCUT2D eigenvalue weighted by molar-refractivity contribution is 0.513. The predicted molar refractivity (Wildman–Crippen MR) is 39.5 cm³/mol. The third-order valence-corrected chi connectivity index (χ3v) is 2.87. The van der Waals surface area contributed by atoms with Crippen LogP contribution in [-0.4, -0.2) is 36.8 Å². The van der Waals surface area contributed by atoms with Gasteiger partial charge in [-0.3, -0.25) is 0 Å². The van der Waals surface area contributed by atoms with Crippen molar-refractivity contribution in [3.05, 3.63) is 12.4 Å². The van der Waals surface area contributed by atoms with Gasteiger partial charge in [0.2, 0.25) is 5.16 Å². The van der Waals surface area contributed by atoms with Crippen LogP contribution in [0.2, 0.25) is 0 Å². The molecule has 62 valence electrons. The molecule has 11 heavy (non-hydrogen) atoms. The number of nitrogens with one attached hydrogen (secondary N) is 1. The van der Waals surface area contributed by atoms with Crippen LogP contribution in [-0.2, 0) is 10.0 Å². The van der Waals surface area contributed by atoms with Crippen LogP contribution in [0.3, 0.4) is 0 Å². The van der Waals surface area contributed by atoms with Crippen molar-refractivity contribution in [1.29, 1.82) is 0 Å². The van der Waals surface area contributed by atoms with Gasteiger partial charge in [0, 0.05) is 26.5 Å². The van der Waals surface area contributed by atoms with Crippen LogP contribution in [0.25, 0.3) is 0 Å². The molecule has 1 aromatic heterocycles. The van der Waals surface area contributed by atoms with E-state index in [4.69, 9.17) is 0 Å². The van der Waals surface area contributed by atoms with Crippen molar-refractivity contribution in [3.63, 3.8) is 0 Å². The number of rotatable bonds is 2. The van der Waals surface area contributed by atoms with E-state index in [1.54, 1.807) is 0 Å². The maximum Gasteiger partial charge on any atom is 0.276 e. The third-order valence-electron chi connectivity index (χ3n) is 1.20. The molecule has 0 fully saturated rings. The highest BCUT2D eigenvalue weighted by molar-refractivity contribution is 7.88. The first-order chi connectivity index (χ1) is 5.05. The summed E-state index contributed by atoms with van der Waals surface area (Å²) in [7, 11) is -0.454. The van der Waals surface area contributed by atoms with E-state index in [0.717, 1.165) is 4.31 Å². The predicted octanol–water partition coefficient (Wildman–Crippen LogP) is -0.340. The number of hydrogen-bond acceptors (Lipinski definition) is 3. The lowest BCUT2D eigenvalue weighted by Gasteiger charge is -2.06. The molecular formula is C5H9N3O2S. The van der Waals surface area contributed by atoms with Crippen LogP contribution in [0.1, 0.15) is 0 Å². The van der Waals surface area contributed by atoms with Crippen molar-refractivity contribution < 1.29 is 8.42 Å². The summed E-state index contributed by atoms with van der Waals surface area (Å²) in [5, 5.41) is -0.0255. The molecule has 0 amide bonds. The summed E-state index contributed by atoms with van der Waals surface area (Å²) in [6.45, 7) is 0. The monoisotopic (exact) mass is 175 g/mol. The highest BCUT2D eigenvalue weighted by Crippen LogP contribution is 2.04. The molecule has 0 aliphatic rings. The van der Waals surface area contributed by atoms with Crippen LogP contribution in [0.15, 0.2) is 17.6 Å². The highest BCUT2D eigenvalue weighted by Gasteiger charge is 2.18. The van der Waals surface area contributed by atoms with Crippen LogP contribution < -0.4 is 0 Å². The standard InChI is InChI=1S/C5H9N3O2S/c1-8(2)11(9,10)5-6-3-4-7-5/h3-4H,1-2H3,(H,6,7). The number of sulfonamides is 1. The van der Waals surface area contributed by atoms with Crippen molar-refractivity contribution in [2.75, 3.05) is 14.1 Å². The normalized spacial score (nSPS) is 12.3. The summed E-state index contributed by atoms with van der Waals surface area (Å²) in [4.78, 5) is 6.14. The Morgan fingerprint density at radius 2 is 2.18 bits per heavy atom. The van der Waals surface area contributed by atoms with Gasteiger partial charge >= 0.3 is 0 Å². The topological polar surface area (TPSA) is 66.1 Å². The summed E-state index contributed by atoms with van der Waals surface area (Å²) in [6, 6.07) is 0. The summed E-state index contributed by atoms with van der Waals surface area (Å²) >= 11 is 0. The first-order valence-corrected chi connectivity index (χ1v) is 4.41. The van der Waals surface area contributed by atoms with E-state index in [9.17, 15) is 8.42 Å². The smallest absolute Gasteiger partial charge is 0.276 e. The van der Waals surface area contributed by atoms with Gasteiger partial charge in [0.15, 0.2) is 0 Å². The largest absolute Gasteiger partial charge is 0.334 e. The Kier molecular flexibility index (Phi) is 1.97. The summed E-state index contributed by atoms with van der Waals surface area (Å²) in [6.07, 6.45) is 2.87. The van der Waals surface area contributed by atoms with Gasteiger partial charge in [-0.2, -0.15) is 0 Å². The van der Waals surface area contributed by atoms with Crippen LogP contribution >= 0.6 is 0 Å². The van der Waals surface area contributed by atoms with Crippen molar-refractivity contribution in [2.45, 2.75) is 5.16 Å². The Hall–Kier alpha value is -0.880. The Morgan fingerprint density at radius 1 is 1.55 bits per heavy atom. The van der Waals surface area contributed by atoms with Gasteiger partial charge in [-0.25, -0.2) is 17.7 Å². The molecule has 6 heteroatoms. The van der Waals surface area contributed by atoms with Crippen molar-refractivity contribution >= 4 is 10.0 Å². The van der Waals surface area contributed by atoms with E-state index in [1.165, 1.54) is 26.5 Å². The van der Waals surface area contributed by atoms with Crippen LogP contribution in [0.5, 0.6) is 0 Å². The number of nitrogens with zero attached hydrogens (tertiary/aromatic N) is 2. The number of hydrogen-bond donors (Lipinski definition) is 1. The molecular weight excluding hydrogens is 166 g/mol. The van der Waals surface area contributed by atoms with Crippen LogP contribution in [0.4, 0.5) is 0 Å². The summed E-state index contributed by atoms with van der Waals surface area (Å²) in [5.74, 6) is 0. The molecule has 0 radical (unpaired) electrons. The first-order valence-electron chi connectivity index (χ1n) is 2.97. The van der Waals surface area contributed by atoms with Gasteiger partial charge in [0.1, 0.15) is 0 Å². The van der Waals surface area contributed by atoms with E-state index in [-0.39, 0.29) is 5.16 Å². The SMILES string of the molecule is CN(C)S(=O)(=O)c1ncc[nH]1. The molecule has 0 atom stereocenters. The molecule has 0 aromatic carbocycles. The Bertz CT molecular complexity index is 314. The second-order valence-corrected chi connectivity index (χ2v) is 4.25. The van der Waals surface area contributed by atoms with Gasteiger partial charge in [-0.15, -0.1) is 0 Å². The third kappa shape index (κ3) is 1.41.